The van der Waals surface area contributed by atoms with Crippen LogP contribution in [0.4, 0.5) is 0 Å². The number of aromatic nitrogens is 1. The molecule has 1 atom stereocenters. The number of amides is 1. The Morgan fingerprint density at radius 1 is 1.07 bits per heavy atom. The van der Waals surface area contributed by atoms with Crippen LogP contribution >= 0.6 is 0 Å². The molecule has 1 aromatic heterocycles. The van der Waals surface area contributed by atoms with Crippen molar-refractivity contribution in [3.05, 3.63) is 89.7 Å². The van der Waals surface area contributed by atoms with Gasteiger partial charge in [-0.05, 0) is 49.2 Å². The summed E-state index contributed by atoms with van der Waals surface area (Å²) in [5.74, 6) is 0.879. The zero-order valence-corrected chi connectivity index (χ0v) is 15.9. The Bertz CT molecular complexity index is 854. The first kappa shape index (κ1) is 18.8. The lowest BCUT2D eigenvalue weighted by molar-refractivity contribution is -0.121. The lowest BCUT2D eigenvalue weighted by Gasteiger charge is -2.20. The van der Waals surface area contributed by atoms with E-state index in [-0.39, 0.29) is 11.9 Å². The fourth-order valence-corrected chi connectivity index (χ4v) is 3.15. The van der Waals surface area contributed by atoms with Gasteiger partial charge in [-0.2, -0.15) is 0 Å². The van der Waals surface area contributed by atoms with Crippen LogP contribution in [0.1, 0.15) is 36.1 Å². The Morgan fingerprint density at radius 3 is 2.48 bits per heavy atom. The van der Waals surface area contributed by atoms with E-state index in [4.69, 9.17) is 4.74 Å². The first-order chi connectivity index (χ1) is 13.2. The normalized spacial score (nSPS) is 11.8. The molecule has 0 bridgehead atoms. The van der Waals surface area contributed by atoms with Gasteiger partial charge in [0.05, 0.1) is 19.1 Å². The van der Waals surface area contributed by atoms with Gasteiger partial charge in [0.15, 0.2) is 0 Å². The molecule has 0 aliphatic heterocycles. The second-order valence-electron chi connectivity index (χ2n) is 6.62. The van der Waals surface area contributed by atoms with Gasteiger partial charge in [-0.25, -0.2) is 0 Å². The molecule has 0 fully saturated rings. The number of carbonyl (C=O) groups excluding carboxylic acids is 1. The summed E-state index contributed by atoms with van der Waals surface area (Å²) >= 11 is 0. The van der Waals surface area contributed by atoms with E-state index in [2.05, 4.69) is 35.0 Å². The quantitative estimate of drug-likeness (QED) is 0.641. The monoisotopic (exact) mass is 362 g/mol. The highest BCUT2D eigenvalue weighted by Crippen LogP contribution is 2.23. The zero-order valence-electron chi connectivity index (χ0n) is 15.9. The maximum absolute atomic E-state index is 12.6. The van der Waals surface area contributed by atoms with Gasteiger partial charge in [0.2, 0.25) is 5.91 Å². The molecule has 27 heavy (non-hydrogen) atoms. The van der Waals surface area contributed by atoms with Gasteiger partial charge in [0, 0.05) is 18.9 Å². The third kappa shape index (κ3) is 5.23. The van der Waals surface area contributed by atoms with Crippen molar-refractivity contribution < 1.29 is 9.53 Å². The SMILES string of the molecule is CCOc1ccc(CNC(=O)CC(c2cccc(C)c2)n2cccc2)cc1. The predicted octanol–water partition coefficient (Wildman–Crippen LogP) is 4.49. The minimum absolute atomic E-state index is 0.0137. The number of rotatable bonds is 8. The Morgan fingerprint density at radius 2 is 1.81 bits per heavy atom. The minimum atomic E-state index is -0.0137. The van der Waals surface area contributed by atoms with Crippen LogP contribution in [0.5, 0.6) is 5.75 Å². The molecule has 1 heterocycles. The summed E-state index contributed by atoms with van der Waals surface area (Å²) in [5.41, 5.74) is 3.39. The van der Waals surface area contributed by atoms with E-state index in [0.29, 0.717) is 19.6 Å². The van der Waals surface area contributed by atoms with Crippen LogP contribution in [0, 0.1) is 6.92 Å². The first-order valence-electron chi connectivity index (χ1n) is 9.33. The first-order valence-corrected chi connectivity index (χ1v) is 9.33. The highest BCUT2D eigenvalue weighted by molar-refractivity contribution is 5.76. The zero-order chi connectivity index (χ0) is 19.1. The van der Waals surface area contributed by atoms with Gasteiger partial charge in [-0.15, -0.1) is 0 Å². The van der Waals surface area contributed by atoms with Crippen molar-refractivity contribution in [2.45, 2.75) is 32.9 Å². The molecule has 0 spiro atoms. The van der Waals surface area contributed by atoms with E-state index in [0.717, 1.165) is 16.9 Å². The fourth-order valence-electron chi connectivity index (χ4n) is 3.15. The highest BCUT2D eigenvalue weighted by atomic mass is 16.5. The number of aryl methyl sites for hydroxylation is 1. The molecular weight excluding hydrogens is 336 g/mol. The molecule has 140 valence electrons. The number of benzene rings is 2. The Hall–Kier alpha value is -3.01. The number of nitrogens with zero attached hydrogens (tertiary/aromatic N) is 1. The van der Waals surface area contributed by atoms with Crippen LogP contribution in [0.15, 0.2) is 73.1 Å². The maximum Gasteiger partial charge on any atom is 0.222 e. The molecule has 1 N–H and O–H groups in total. The minimum Gasteiger partial charge on any atom is -0.494 e. The van der Waals surface area contributed by atoms with E-state index in [1.54, 1.807) is 0 Å². The summed E-state index contributed by atoms with van der Waals surface area (Å²) in [7, 11) is 0. The molecule has 0 aliphatic carbocycles. The van der Waals surface area contributed by atoms with E-state index in [9.17, 15) is 4.79 Å². The van der Waals surface area contributed by atoms with E-state index < -0.39 is 0 Å². The number of hydrogen-bond acceptors (Lipinski definition) is 2. The van der Waals surface area contributed by atoms with Crippen molar-refractivity contribution in [3.8, 4) is 5.75 Å². The van der Waals surface area contributed by atoms with E-state index in [1.165, 1.54) is 5.56 Å². The predicted molar refractivity (Wildman–Crippen MR) is 108 cm³/mol. The van der Waals surface area contributed by atoms with Gasteiger partial charge >= 0.3 is 0 Å². The molecule has 1 unspecified atom stereocenters. The lowest BCUT2D eigenvalue weighted by Crippen LogP contribution is -2.26. The van der Waals surface area contributed by atoms with Crippen molar-refractivity contribution >= 4 is 5.91 Å². The van der Waals surface area contributed by atoms with Gasteiger partial charge in [0.1, 0.15) is 5.75 Å². The molecule has 0 saturated carbocycles. The van der Waals surface area contributed by atoms with Crippen molar-refractivity contribution in [1.82, 2.24) is 9.88 Å². The van der Waals surface area contributed by atoms with Gasteiger partial charge in [-0.3, -0.25) is 4.79 Å². The molecule has 3 aromatic rings. The molecular formula is C23H26N2O2. The van der Waals surface area contributed by atoms with Crippen LogP contribution in [-0.2, 0) is 11.3 Å². The van der Waals surface area contributed by atoms with Crippen molar-refractivity contribution in [3.63, 3.8) is 0 Å². The molecule has 1 amide bonds. The second-order valence-corrected chi connectivity index (χ2v) is 6.62. The fraction of sp³-hybridized carbons (Fsp3) is 0.261. The average Bonchev–Trinajstić information content (AvgIpc) is 3.20. The number of carbonyl (C=O) groups is 1. The van der Waals surface area contributed by atoms with Gasteiger partial charge < -0.3 is 14.6 Å². The molecule has 4 heteroatoms. The van der Waals surface area contributed by atoms with E-state index >= 15 is 0 Å². The molecule has 0 aliphatic rings. The topological polar surface area (TPSA) is 43.3 Å². The molecule has 3 rings (SSSR count). The Balaban J connectivity index is 1.64. The van der Waals surface area contributed by atoms with Crippen molar-refractivity contribution in [1.29, 1.82) is 0 Å². The maximum atomic E-state index is 12.6. The summed E-state index contributed by atoms with van der Waals surface area (Å²) in [6.07, 6.45) is 4.41. The molecule has 0 radical (unpaired) electrons. The van der Waals surface area contributed by atoms with Crippen molar-refractivity contribution in [2.75, 3.05) is 6.61 Å². The van der Waals surface area contributed by atoms with Crippen LogP contribution in [0.25, 0.3) is 0 Å². The molecule has 4 nitrogen and oxygen atoms in total. The second kappa shape index (κ2) is 9.08. The summed E-state index contributed by atoms with van der Waals surface area (Å²) in [5, 5.41) is 3.03. The smallest absolute Gasteiger partial charge is 0.222 e. The Kier molecular flexibility index (Phi) is 6.31. The average molecular weight is 362 g/mol. The standard InChI is InChI=1S/C23H26N2O2/c1-3-27-21-11-9-19(10-12-21)17-24-23(26)16-22(25-13-4-5-14-25)20-8-6-7-18(2)15-20/h4-15,22H,3,16-17H2,1-2H3,(H,24,26). The number of ether oxygens (including phenoxy) is 1. The summed E-state index contributed by atoms with van der Waals surface area (Å²) < 4.78 is 7.54. The number of hydrogen-bond donors (Lipinski definition) is 1. The van der Waals surface area contributed by atoms with Crippen LogP contribution in [0.3, 0.4) is 0 Å². The largest absolute Gasteiger partial charge is 0.494 e. The number of nitrogens with one attached hydrogen (secondary N) is 1. The summed E-state index contributed by atoms with van der Waals surface area (Å²) in [6, 6.07) is 20.1. The lowest BCUT2D eigenvalue weighted by atomic mass is 10.0. The molecule has 2 aromatic carbocycles. The van der Waals surface area contributed by atoms with Crippen LogP contribution < -0.4 is 10.1 Å². The van der Waals surface area contributed by atoms with Crippen LogP contribution in [0.2, 0.25) is 0 Å². The summed E-state index contributed by atoms with van der Waals surface area (Å²) in [4.78, 5) is 12.6. The highest BCUT2D eigenvalue weighted by Gasteiger charge is 2.17. The third-order valence-corrected chi connectivity index (χ3v) is 4.52. The third-order valence-electron chi connectivity index (χ3n) is 4.52. The van der Waals surface area contributed by atoms with Crippen molar-refractivity contribution in [2.24, 2.45) is 0 Å². The van der Waals surface area contributed by atoms with Crippen LogP contribution in [-0.4, -0.2) is 17.1 Å². The van der Waals surface area contributed by atoms with Gasteiger partial charge in [-0.1, -0.05) is 42.0 Å². The van der Waals surface area contributed by atoms with Gasteiger partial charge in [0.25, 0.3) is 0 Å². The molecule has 0 saturated heterocycles. The summed E-state index contributed by atoms with van der Waals surface area (Å²) in [6.45, 7) is 5.19. The van der Waals surface area contributed by atoms with E-state index in [1.807, 2.05) is 61.8 Å². The Labute approximate surface area is 160 Å².